The molecule has 0 aliphatic carbocycles. The quantitative estimate of drug-likeness (QED) is 0.796. The van der Waals surface area contributed by atoms with E-state index in [2.05, 4.69) is 10.2 Å². The number of hydrogen-bond acceptors (Lipinski definition) is 6. The van der Waals surface area contributed by atoms with E-state index < -0.39 is 0 Å². The minimum Gasteiger partial charge on any atom is -0.466 e. The van der Waals surface area contributed by atoms with Crippen LogP contribution in [0.25, 0.3) is 0 Å². The van der Waals surface area contributed by atoms with Crippen LogP contribution in [0.4, 0.5) is 5.69 Å². The monoisotopic (exact) mass is 399 g/mol. The van der Waals surface area contributed by atoms with Crippen molar-refractivity contribution in [1.82, 2.24) is 10.2 Å². The molecule has 2 aromatic rings. The Bertz CT molecular complexity index is 916. The second-order valence-electron chi connectivity index (χ2n) is 6.75. The Morgan fingerprint density at radius 2 is 2.18 bits per heavy atom. The Balaban J connectivity index is 1.68. The number of amidine groups is 1. The third-order valence-corrected chi connectivity index (χ3v) is 5.00. The molecule has 28 heavy (non-hydrogen) atoms. The van der Waals surface area contributed by atoms with E-state index in [1.807, 2.05) is 49.4 Å². The minimum atomic E-state index is -0.193. The van der Waals surface area contributed by atoms with Crippen molar-refractivity contribution < 1.29 is 14.3 Å². The summed E-state index contributed by atoms with van der Waals surface area (Å²) in [5, 5.41) is 4.02. The molecule has 0 spiro atoms. The van der Waals surface area contributed by atoms with Crippen LogP contribution in [-0.2, 0) is 9.53 Å². The number of rotatable bonds is 3. The minimum absolute atomic E-state index is 0.00227. The van der Waals surface area contributed by atoms with Crippen molar-refractivity contribution in [2.24, 2.45) is 4.99 Å². The first-order valence-electron chi connectivity index (χ1n) is 9.43. The Labute approximate surface area is 169 Å². The van der Waals surface area contributed by atoms with Crippen LogP contribution in [0.1, 0.15) is 18.9 Å². The SMILES string of the molecule is CCOC(=O)CC1CN(C2=Nc3ccccc3Oc3ccc(Cl)cc32)CCN1. The maximum absolute atomic E-state index is 11.9. The van der Waals surface area contributed by atoms with Crippen LogP contribution < -0.4 is 10.1 Å². The summed E-state index contributed by atoms with van der Waals surface area (Å²) in [5.74, 6) is 2.03. The molecule has 6 nitrogen and oxygen atoms in total. The highest BCUT2D eigenvalue weighted by atomic mass is 35.5. The van der Waals surface area contributed by atoms with Gasteiger partial charge in [0.05, 0.1) is 18.6 Å². The molecule has 146 valence electrons. The van der Waals surface area contributed by atoms with Gasteiger partial charge in [0, 0.05) is 30.7 Å². The molecule has 0 bridgehead atoms. The molecule has 7 heteroatoms. The molecule has 0 aromatic heterocycles. The second-order valence-corrected chi connectivity index (χ2v) is 7.19. The molecule has 0 saturated carbocycles. The van der Waals surface area contributed by atoms with Crippen molar-refractivity contribution in [2.45, 2.75) is 19.4 Å². The van der Waals surface area contributed by atoms with Gasteiger partial charge in [-0.15, -0.1) is 0 Å². The molecule has 0 radical (unpaired) electrons. The summed E-state index contributed by atoms with van der Waals surface area (Å²) in [5.41, 5.74) is 1.62. The lowest BCUT2D eigenvalue weighted by Crippen LogP contribution is -2.53. The van der Waals surface area contributed by atoms with Gasteiger partial charge in [-0.05, 0) is 37.3 Å². The van der Waals surface area contributed by atoms with E-state index in [9.17, 15) is 4.79 Å². The van der Waals surface area contributed by atoms with Gasteiger partial charge >= 0.3 is 5.97 Å². The van der Waals surface area contributed by atoms with Crippen LogP contribution in [0.2, 0.25) is 5.02 Å². The molecule has 4 rings (SSSR count). The summed E-state index contributed by atoms with van der Waals surface area (Å²) in [6.45, 7) is 4.37. The number of aliphatic imine (C=N–C) groups is 1. The number of para-hydroxylation sites is 2. The average molecular weight is 400 g/mol. The van der Waals surface area contributed by atoms with Gasteiger partial charge in [0.25, 0.3) is 0 Å². The number of halogens is 1. The maximum Gasteiger partial charge on any atom is 0.307 e. The molecule has 1 saturated heterocycles. The highest BCUT2D eigenvalue weighted by molar-refractivity contribution is 6.31. The molecule has 2 aromatic carbocycles. The lowest BCUT2D eigenvalue weighted by atomic mass is 10.1. The van der Waals surface area contributed by atoms with Crippen molar-refractivity contribution in [3.63, 3.8) is 0 Å². The summed E-state index contributed by atoms with van der Waals surface area (Å²) >= 11 is 6.28. The lowest BCUT2D eigenvalue weighted by Gasteiger charge is -2.35. The topological polar surface area (TPSA) is 63.2 Å². The van der Waals surface area contributed by atoms with Crippen LogP contribution in [0.15, 0.2) is 47.5 Å². The van der Waals surface area contributed by atoms with Gasteiger partial charge in [-0.25, -0.2) is 4.99 Å². The third-order valence-electron chi connectivity index (χ3n) is 4.77. The van der Waals surface area contributed by atoms with Gasteiger partial charge in [-0.2, -0.15) is 0 Å². The zero-order chi connectivity index (χ0) is 19.5. The number of benzene rings is 2. The average Bonchev–Trinajstić information content (AvgIpc) is 2.85. The van der Waals surface area contributed by atoms with Crippen LogP contribution in [-0.4, -0.2) is 49.0 Å². The number of nitrogens with one attached hydrogen (secondary N) is 1. The van der Waals surface area contributed by atoms with Crippen molar-refractivity contribution >= 4 is 29.1 Å². The van der Waals surface area contributed by atoms with E-state index in [0.717, 1.165) is 30.2 Å². The van der Waals surface area contributed by atoms with Gasteiger partial charge in [0.2, 0.25) is 0 Å². The van der Waals surface area contributed by atoms with Gasteiger partial charge in [-0.3, -0.25) is 4.79 Å². The number of ether oxygens (including phenoxy) is 2. The molecule has 1 unspecified atom stereocenters. The van der Waals surface area contributed by atoms with E-state index in [1.54, 1.807) is 0 Å². The van der Waals surface area contributed by atoms with Crippen molar-refractivity contribution in [2.75, 3.05) is 26.2 Å². The van der Waals surface area contributed by atoms with Crippen LogP contribution in [0.5, 0.6) is 11.5 Å². The fourth-order valence-electron chi connectivity index (χ4n) is 3.51. The zero-order valence-electron chi connectivity index (χ0n) is 15.7. The summed E-state index contributed by atoms with van der Waals surface area (Å²) in [4.78, 5) is 19.0. The summed E-state index contributed by atoms with van der Waals surface area (Å²) < 4.78 is 11.2. The molecule has 1 fully saturated rings. The highest BCUT2D eigenvalue weighted by Gasteiger charge is 2.28. The Kier molecular flexibility index (Phi) is 5.50. The Morgan fingerprint density at radius 1 is 1.32 bits per heavy atom. The molecular weight excluding hydrogens is 378 g/mol. The van der Waals surface area contributed by atoms with Gasteiger partial charge < -0.3 is 19.7 Å². The third kappa shape index (κ3) is 3.98. The van der Waals surface area contributed by atoms with Gasteiger partial charge in [0.1, 0.15) is 17.3 Å². The van der Waals surface area contributed by atoms with Gasteiger partial charge in [0.15, 0.2) is 5.75 Å². The van der Waals surface area contributed by atoms with Gasteiger partial charge in [-0.1, -0.05) is 23.7 Å². The first-order chi connectivity index (χ1) is 13.6. The number of nitrogens with zero attached hydrogens (tertiary/aromatic N) is 2. The number of piperazine rings is 1. The Hall–Kier alpha value is -2.57. The summed E-state index contributed by atoms with van der Waals surface area (Å²) in [7, 11) is 0. The summed E-state index contributed by atoms with van der Waals surface area (Å²) in [6.07, 6.45) is 0.326. The molecule has 2 aliphatic rings. The van der Waals surface area contributed by atoms with Crippen molar-refractivity contribution in [3.8, 4) is 11.5 Å². The predicted octanol–water partition coefficient (Wildman–Crippen LogP) is 3.75. The number of carbonyl (C=O) groups is 1. The first-order valence-corrected chi connectivity index (χ1v) is 9.81. The highest BCUT2D eigenvalue weighted by Crippen LogP contribution is 2.38. The molecule has 1 N–H and O–H groups in total. The zero-order valence-corrected chi connectivity index (χ0v) is 16.4. The largest absolute Gasteiger partial charge is 0.466 e. The van der Waals surface area contributed by atoms with E-state index in [4.69, 9.17) is 26.1 Å². The van der Waals surface area contributed by atoms with Crippen LogP contribution in [0, 0.1) is 0 Å². The fourth-order valence-corrected chi connectivity index (χ4v) is 3.68. The molecule has 1 atom stereocenters. The number of carbonyl (C=O) groups excluding carboxylic acids is 1. The summed E-state index contributed by atoms with van der Waals surface area (Å²) in [6, 6.07) is 13.3. The molecule has 0 amide bonds. The first kappa shape index (κ1) is 18.8. The second kappa shape index (κ2) is 8.20. The molecule has 2 heterocycles. The molecule has 2 aliphatic heterocycles. The van der Waals surface area contributed by atoms with Crippen LogP contribution in [0.3, 0.4) is 0 Å². The smallest absolute Gasteiger partial charge is 0.307 e. The maximum atomic E-state index is 11.9. The van der Waals surface area contributed by atoms with Crippen molar-refractivity contribution in [1.29, 1.82) is 0 Å². The Morgan fingerprint density at radius 3 is 3.04 bits per heavy atom. The van der Waals surface area contributed by atoms with Crippen molar-refractivity contribution in [3.05, 3.63) is 53.1 Å². The fraction of sp³-hybridized carbons (Fsp3) is 0.333. The molecular formula is C21H22ClN3O3. The van der Waals surface area contributed by atoms with E-state index in [1.165, 1.54) is 0 Å². The number of hydrogen-bond donors (Lipinski definition) is 1. The van der Waals surface area contributed by atoms with E-state index in [-0.39, 0.29) is 12.0 Å². The van der Waals surface area contributed by atoms with Crippen LogP contribution >= 0.6 is 11.6 Å². The lowest BCUT2D eigenvalue weighted by molar-refractivity contribution is -0.143. The van der Waals surface area contributed by atoms with E-state index >= 15 is 0 Å². The predicted molar refractivity (Wildman–Crippen MR) is 109 cm³/mol. The van der Waals surface area contributed by atoms with E-state index in [0.29, 0.717) is 36.1 Å². The number of esters is 1. The normalized spacial score (nSPS) is 18.3. The number of fused-ring (bicyclic) bond motifs is 2. The standard InChI is InChI=1S/C21H22ClN3O3/c1-2-27-20(26)12-15-13-25(10-9-23-15)21-16-11-14(22)7-8-18(16)28-19-6-4-3-5-17(19)24-21/h3-8,11,15,23H,2,9-10,12-13H2,1H3.